The first-order chi connectivity index (χ1) is 9.11. The monoisotopic (exact) mass is 264 g/mol. The number of rotatable bonds is 3. The Morgan fingerprint density at radius 1 is 1.47 bits per heavy atom. The number of guanidine groups is 1. The number of nitrogens with one attached hydrogen (secondary N) is 1. The summed E-state index contributed by atoms with van der Waals surface area (Å²) in [4.78, 5) is 27.7. The fourth-order valence-corrected chi connectivity index (χ4v) is 1.71. The minimum Gasteiger partial charge on any atom is -0.497 e. The molecule has 1 aromatic carbocycles. The molecule has 1 aliphatic heterocycles. The van der Waals surface area contributed by atoms with Gasteiger partial charge in [0.2, 0.25) is 0 Å². The van der Waals surface area contributed by atoms with Crippen molar-refractivity contribution in [1.82, 2.24) is 10.3 Å². The highest BCUT2D eigenvalue weighted by Crippen LogP contribution is 2.14. The van der Waals surface area contributed by atoms with Gasteiger partial charge in [-0.3, -0.25) is 9.69 Å². The molecule has 19 heavy (non-hydrogen) atoms. The van der Waals surface area contributed by atoms with Gasteiger partial charge in [-0.05, 0) is 24.3 Å². The van der Waals surface area contributed by atoms with Gasteiger partial charge >= 0.3 is 0 Å². The second kappa shape index (κ2) is 5.34. The van der Waals surface area contributed by atoms with Crippen LogP contribution in [-0.4, -0.2) is 42.0 Å². The molecule has 0 saturated carbocycles. The molecule has 0 atom stereocenters. The van der Waals surface area contributed by atoms with Crippen LogP contribution in [0.4, 0.5) is 0 Å². The standard InChI is InChI=1S/C11H12N4O4/c1-19-9-4-2-8(3-5-9)10(16)14-7-6-12-11(14)13-15(17)18/h2-5H,6-7H2,1H3,(H,12,13). The fraction of sp³-hybridized carbons (Fsp3) is 0.273. The van der Waals surface area contributed by atoms with Gasteiger partial charge < -0.3 is 4.74 Å². The van der Waals surface area contributed by atoms with E-state index in [-0.39, 0.29) is 11.9 Å². The number of hydrogen-bond acceptors (Lipinski definition) is 5. The molecule has 0 fully saturated rings. The summed E-state index contributed by atoms with van der Waals surface area (Å²) in [7, 11) is 1.53. The number of carbonyl (C=O) groups is 1. The van der Waals surface area contributed by atoms with Gasteiger partial charge in [-0.2, -0.15) is 0 Å². The Kier molecular flexibility index (Phi) is 3.60. The van der Waals surface area contributed by atoms with E-state index in [4.69, 9.17) is 4.74 Å². The molecule has 1 aromatic rings. The topological polar surface area (TPSA) is 97.1 Å². The van der Waals surface area contributed by atoms with Gasteiger partial charge in [-0.25, -0.2) is 15.1 Å². The van der Waals surface area contributed by atoms with Gasteiger partial charge in [0.15, 0.2) is 5.03 Å². The van der Waals surface area contributed by atoms with Gasteiger partial charge in [0, 0.05) is 12.1 Å². The minimum absolute atomic E-state index is 0.0363. The fourth-order valence-electron chi connectivity index (χ4n) is 1.71. The van der Waals surface area contributed by atoms with Crippen molar-refractivity contribution in [2.45, 2.75) is 0 Å². The van der Waals surface area contributed by atoms with Crippen LogP contribution in [0.25, 0.3) is 0 Å². The Bertz CT molecular complexity index is 526. The number of nitro groups is 1. The summed E-state index contributed by atoms with van der Waals surface area (Å²) in [5.41, 5.74) is 2.33. The molecule has 1 amide bonds. The van der Waals surface area contributed by atoms with E-state index in [1.54, 1.807) is 24.3 Å². The maximum Gasteiger partial charge on any atom is 0.263 e. The maximum atomic E-state index is 12.2. The van der Waals surface area contributed by atoms with E-state index < -0.39 is 5.03 Å². The first-order valence-corrected chi connectivity index (χ1v) is 5.53. The third kappa shape index (κ3) is 2.79. The average Bonchev–Trinajstić information content (AvgIpc) is 2.85. The molecule has 0 saturated heterocycles. The van der Waals surface area contributed by atoms with E-state index in [1.165, 1.54) is 12.0 Å². The number of methoxy groups -OCH3 is 1. The molecule has 0 aliphatic carbocycles. The molecule has 8 nitrogen and oxygen atoms in total. The van der Waals surface area contributed by atoms with Crippen molar-refractivity contribution in [3.8, 4) is 5.75 Å². The van der Waals surface area contributed by atoms with Crippen LogP contribution < -0.4 is 10.2 Å². The van der Waals surface area contributed by atoms with Crippen LogP contribution in [0.3, 0.4) is 0 Å². The number of ether oxygens (including phenoxy) is 1. The highest BCUT2D eigenvalue weighted by molar-refractivity contribution is 6.06. The Hall–Kier alpha value is -2.64. The number of carbonyl (C=O) groups excluding carboxylic acids is 1. The van der Waals surface area contributed by atoms with E-state index in [0.717, 1.165) is 0 Å². The first kappa shape index (κ1) is 12.8. The summed E-state index contributed by atoms with van der Waals surface area (Å²) in [5.74, 6) is 0.259. The van der Waals surface area contributed by atoms with E-state index in [2.05, 4.69) is 4.99 Å². The van der Waals surface area contributed by atoms with Crippen LogP contribution >= 0.6 is 0 Å². The quantitative estimate of drug-likeness (QED) is 0.625. The van der Waals surface area contributed by atoms with Crippen LogP contribution in [0.1, 0.15) is 10.4 Å². The molecule has 0 unspecified atom stereocenters. The number of hydrazine groups is 1. The molecule has 2 rings (SSSR count). The molecule has 1 aliphatic rings. The first-order valence-electron chi connectivity index (χ1n) is 5.53. The number of hydrogen-bond donors (Lipinski definition) is 1. The molecule has 1 N–H and O–H groups in total. The Labute approximate surface area is 108 Å². The molecule has 0 radical (unpaired) electrons. The normalized spacial score (nSPS) is 13.9. The van der Waals surface area contributed by atoms with Crippen molar-refractivity contribution in [2.75, 3.05) is 20.2 Å². The number of aliphatic imine (C=N–C) groups is 1. The second-order valence-electron chi connectivity index (χ2n) is 3.76. The lowest BCUT2D eigenvalue weighted by Gasteiger charge is -2.15. The largest absolute Gasteiger partial charge is 0.497 e. The van der Waals surface area contributed by atoms with Crippen molar-refractivity contribution < 1.29 is 14.6 Å². The molecule has 0 bridgehead atoms. The van der Waals surface area contributed by atoms with Gasteiger partial charge in [0.1, 0.15) is 5.75 Å². The molecule has 1 heterocycles. The zero-order valence-corrected chi connectivity index (χ0v) is 10.2. The van der Waals surface area contributed by atoms with Crippen LogP contribution in [0, 0.1) is 10.1 Å². The van der Waals surface area contributed by atoms with Crippen molar-refractivity contribution >= 4 is 11.9 Å². The molecular formula is C11H12N4O4. The lowest BCUT2D eigenvalue weighted by Crippen LogP contribution is -2.44. The number of nitrogens with zero attached hydrogens (tertiary/aromatic N) is 3. The lowest BCUT2D eigenvalue weighted by atomic mass is 10.2. The van der Waals surface area contributed by atoms with Crippen molar-refractivity contribution in [1.29, 1.82) is 0 Å². The highest BCUT2D eigenvalue weighted by atomic mass is 16.7. The Morgan fingerprint density at radius 3 is 2.74 bits per heavy atom. The summed E-state index contributed by atoms with van der Waals surface area (Å²) in [5, 5.41) is 9.66. The van der Waals surface area contributed by atoms with E-state index in [1.807, 2.05) is 5.43 Å². The zero-order valence-electron chi connectivity index (χ0n) is 10.2. The number of amides is 1. The summed E-state index contributed by atoms with van der Waals surface area (Å²) in [6.07, 6.45) is 0. The minimum atomic E-state index is -0.738. The molecule has 8 heteroatoms. The van der Waals surface area contributed by atoms with Crippen molar-refractivity contribution in [3.05, 3.63) is 39.9 Å². The third-order valence-corrected chi connectivity index (χ3v) is 2.61. The summed E-state index contributed by atoms with van der Waals surface area (Å²) in [6.45, 7) is 0.666. The van der Waals surface area contributed by atoms with Crippen LogP contribution in [0.2, 0.25) is 0 Å². The molecule has 0 spiro atoms. The SMILES string of the molecule is COc1ccc(C(=O)N2CCN=C2N[N+](=O)[O-])cc1. The van der Waals surface area contributed by atoms with Crippen LogP contribution in [0.5, 0.6) is 5.75 Å². The predicted octanol–water partition coefficient (Wildman–Crippen LogP) is 0.288. The second-order valence-corrected chi connectivity index (χ2v) is 3.76. The highest BCUT2D eigenvalue weighted by Gasteiger charge is 2.27. The van der Waals surface area contributed by atoms with E-state index in [9.17, 15) is 14.9 Å². The number of benzene rings is 1. The summed E-state index contributed by atoms with van der Waals surface area (Å²) in [6, 6.07) is 6.51. The van der Waals surface area contributed by atoms with Crippen molar-refractivity contribution in [2.24, 2.45) is 4.99 Å². The zero-order chi connectivity index (χ0) is 13.8. The average molecular weight is 264 g/mol. The predicted molar refractivity (Wildman–Crippen MR) is 66.5 cm³/mol. The summed E-state index contributed by atoms with van der Waals surface area (Å²) < 4.78 is 5.00. The van der Waals surface area contributed by atoms with Gasteiger partial charge in [0.05, 0.1) is 13.7 Å². The van der Waals surface area contributed by atoms with Gasteiger partial charge in [-0.15, -0.1) is 0 Å². The Morgan fingerprint density at radius 2 is 2.16 bits per heavy atom. The van der Waals surface area contributed by atoms with Gasteiger partial charge in [0.25, 0.3) is 11.9 Å². The maximum absolute atomic E-state index is 12.2. The smallest absolute Gasteiger partial charge is 0.263 e. The van der Waals surface area contributed by atoms with Crippen LogP contribution in [0.15, 0.2) is 29.3 Å². The Balaban J connectivity index is 2.14. The molecule has 100 valence electrons. The van der Waals surface area contributed by atoms with Gasteiger partial charge in [-0.1, -0.05) is 5.43 Å². The van der Waals surface area contributed by atoms with E-state index >= 15 is 0 Å². The van der Waals surface area contributed by atoms with E-state index in [0.29, 0.717) is 24.4 Å². The summed E-state index contributed by atoms with van der Waals surface area (Å²) >= 11 is 0. The third-order valence-electron chi connectivity index (χ3n) is 2.61. The van der Waals surface area contributed by atoms with Crippen LogP contribution in [-0.2, 0) is 0 Å². The lowest BCUT2D eigenvalue weighted by molar-refractivity contribution is -0.526. The molecular weight excluding hydrogens is 252 g/mol. The molecule has 0 aromatic heterocycles. The van der Waals surface area contributed by atoms with Crippen molar-refractivity contribution in [3.63, 3.8) is 0 Å².